The summed E-state index contributed by atoms with van der Waals surface area (Å²) in [4.78, 5) is 96.3. The molecular weight excluding hydrogens is 1820 g/mol. The van der Waals surface area contributed by atoms with Crippen molar-refractivity contribution < 1.29 is 129 Å². The maximum atomic E-state index is 14.6. The number of aromatic hydroxyl groups is 1. The molecule has 2 radical (unpaired) electrons. The lowest BCUT2D eigenvalue weighted by Gasteiger charge is -2.30. The third kappa shape index (κ3) is 34.7. The Morgan fingerprint density at radius 3 is 1.55 bits per heavy atom. The van der Waals surface area contributed by atoms with E-state index in [0.717, 1.165) is 113 Å². The number of anilines is 5. The van der Waals surface area contributed by atoms with Crippen LogP contribution in [0.2, 0.25) is 0 Å². The quantitative estimate of drug-likeness (QED) is 0.00875. The predicted octanol–water partition coefficient (Wildman–Crippen LogP) is 17.9. The molecule has 702 valence electrons. The number of ether oxygens (including phenoxy) is 5. The zero-order chi connectivity index (χ0) is 96.4. The summed E-state index contributed by atoms with van der Waals surface area (Å²) in [5.41, 5.74) is 19.6. The number of fused-ring (bicyclic) bond motifs is 2. The largest absolute Gasteiger partial charge is 0.506 e. The first-order valence-corrected chi connectivity index (χ1v) is 40.8. The fourth-order valence-electron chi connectivity index (χ4n) is 12.6. The first kappa shape index (κ1) is 110. The maximum absolute atomic E-state index is 14.6. The van der Waals surface area contributed by atoms with Crippen LogP contribution in [0, 0.1) is 36.1 Å². The monoisotopic (exact) mass is 1920 g/mol. The van der Waals surface area contributed by atoms with E-state index >= 15 is 0 Å². The van der Waals surface area contributed by atoms with Gasteiger partial charge in [0.25, 0.3) is 11.5 Å². The molecule has 0 saturated carbocycles. The van der Waals surface area contributed by atoms with Crippen molar-refractivity contribution in [3.8, 4) is 5.75 Å². The van der Waals surface area contributed by atoms with E-state index in [9.17, 15) is 95.7 Å². The number of rotatable bonds is 15. The minimum absolute atomic E-state index is 0. The van der Waals surface area contributed by atoms with Crippen molar-refractivity contribution in [1.82, 2.24) is 9.88 Å². The summed E-state index contributed by atoms with van der Waals surface area (Å²) < 4.78 is 192. The number of benzene rings is 8. The zero-order valence-electron chi connectivity index (χ0n) is 71.5. The van der Waals surface area contributed by atoms with Crippen LogP contribution in [0.5, 0.6) is 5.75 Å². The molecule has 4 aliphatic heterocycles. The van der Waals surface area contributed by atoms with Crippen molar-refractivity contribution in [1.29, 1.82) is 0 Å². The molecule has 5 heterocycles. The number of carbonyl (C=O) groups is 6. The van der Waals surface area contributed by atoms with Crippen molar-refractivity contribution >= 4 is 117 Å². The van der Waals surface area contributed by atoms with Crippen molar-refractivity contribution in [2.75, 3.05) is 73.5 Å². The Kier molecular flexibility index (Phi) is 43.9. The number of nitrogens with one attached hydrogen (secondary N) is 4. The highest BCUT2D eigenvalue weighted by Crippen LogP contribution is 2.42. The highest BCUT2D eigenvalue weighted by atomic mass is 79.9. The number of hydrogen-bond donors (Lipinski definition) is 9. The zero-order valence-corrected chi connectivity index (χ0v) is 73.9. The van der Waals surface area contributed by atoms with Crippen LogP contribution in [-0.2, 0) is 95.2 Å². The second-order valence-electron chi connectivity index (χ2n) is 29.4. The second kappa shape index (κ2) is 51.9. The van der Waals surface area contributed by atoms with Gasteiger partial charge in [-0.15, -0.1) is 12.4 Å². The van der Waals surface area contributed by atoms with Crippen LogP contribution < -0.4 is 44.0 Å². The topological polar surface area (TPSA) is 371 Å². The highest BCUT2D eigenvalue weighted by Gasteiger charge is 2.36. The van der Waals surface area contributed by atoms with E-state index in [0.29, 0.717) is 42.9 Å². The van der Waals surface area contributed by atoms with Crippen LogP contribution in [0.4, 0.5) is 85.5 Å². The molecule has 9 aromatic rings. The van der Waals surface area contributed by atoms with E-state index < -0.39 is 111 Å². The number of amides is 1. The highest BCUT2D eigenvalue weighted by molar-refractivity contribution is 9.09. The Hall–Kier alpha value is -12.2. The Morgan fingerprint density at radius 1 is 0.631 bits per heavy atom. The molecule has 8 aromatic carbocycles. The molecule has 4 aliphatic rings. The van der Waals surface area contributed by atoms with E-state index in [-0.39, 0.29) is 114 Å². The number of pyridine rings is 1. The van der Waals surface area contributed by atoms with Crippen molar-refractivity contribution in [2.45, 2.75) is 153 Å². The number of nitrogens with two attached hydrogens (primary N) is 3. The summed E-state index contributed by atoms with van der Waals surface area (Å²) in [6.45, 7) is 15.7. The first-order chi connectivity index (χ1) is 60.6. The van der Waals surface area contributed by atoms with Gasteiger partial charge in [0, 0.05) is 36.4 Å². The van der Waals surface area contributed by atoms with Crippen LogP contribution in [0.3, 0.4) is 0 Å². The number of nitrogen functional groups attached to an aromatic ring is 2. The minimum Gasteiger partial charge on any atom is -0.506 e. The van der Waals surface area contributed by atoms with Crippen LogP contribution in [-0.4, -0.2) is 122 Å². The molecule has 12 N–H and O–H groups in total. The van der Waals surface area contributed by atoms with Gasteiger partial charge in [-0.2, -0.15) is 49.1 Å². The Bertz CT molecular complexity index is 5300. The average molecular weight is 1920 g/mol. The van der Waals surface area contributed by atoms with E-state index in [2.05, 4.69) is 31.9 Å². The maximum Gasteiger partial charge on any atom is 0.416 e. The van der Waals surface area contributed by atoms with Gasteiger partial charge in [-0.05, 0) is 211 Å². The molecule has 1 fully saturated rings. The molecule has 5 atom stereocenters. The minimum atomic E-state index is -4.53. The number of carbonyl (C=O) groups excluding carboxylic acids is 7. The molecule has 1 saturated heterocycles. The normalized spacial score (nSPS) is 15.0. The molecule has 1 amide bonds. The molecular formula is C90H98BBrClF13N8O16. The second-order valence-corrected chi connectivity index (χ2v) is 30.3. The summed E-state index contributed by atoms with van der Waals surface area (Å²) in [5, 5.41) is 30.1. The number of nitrogens with zero attached hydrogens (tertiary/aromatic N) is 1. The summed E-state index contributed by atoms with van der Waals surface area (Å²) in [6.07, 6.45) is -8.09. The molecule has 0 bridgehead atoms. The molecule has 24 nitrogen and oxygen atoms in total. The summed E-state index contributed by atoms with van der Waals surface area (Å²) >= 11 is 3.30. The third-order valence-electron chi connectivity index (χ3n) is 18.8. The number of aliphatic carboxylic acids is 1. The summed E-state index contributed by atoms with van der Waals surface area (Å²) in [6, 6.07) is 37.0. The lowest BCUT2D eigenvalue weighted by Crippen LogP contribution is -2.38. The Morgan fingerprint density at radius 2 is 1.11 bits per heavy atom. The molecule has 1 aromatic heterocycles. The molecule has 0 aliphatic carbocycles. The summed E-state index contributed by atoms with van der Waals surface area (Å²) in [5.74, 6) is -7.73. The third-order valence-corrected chi connectivity index (χ3v) is 19.7. The Balaban J connectivity index is 0.000000325. The number of carboxylic acids is 1. The lowest BCUT2D eigenvalue weighted by molar-refractivity contribution is -0.192. The van der Waals surface area contributed by atoms with E-state index in [1.54, 1.807) is 60.6 Å². The van der Waals surface area contributed by atoms with Gasteiger partial charge >= 0.3 is 54.5 Å². The lowest BCUT2D eigenvalue weighted by atomic mass is 9.88. The number of esters is 4. The predicted molar refractivity (Wildman–Crippen MR) is 467 cm³/mol. The fourth-order valence-corrected chi connectivity index (χ4v) is 13.0. The molecule has 13 rings (SSSR count). The fraction of sp³-hybridized carbons (Fsp3) is 0.356. The number of carboxylic acid groups (broad SMARTS) is 1. The van der Waals surface area contributed by atoms with Gasteiger partial charge in [0.15, 0.2) is 5.92 Å². The smallest absolute Gasteiger partial charge is 0.416 e. The average Bonchev–Trinajstić information content (AvgIpc) is 0.818. The molecule has 130 heavy (non-hydrogen) atoms. The van der Waals surface area contributed by atoms with Crippen LogP contribution in [0.15, 0.2) is 169 Å². The molecule has 40 heteroatoms. The van der Waals surface area contributed by atoms with E-state index in [1.807, 2.05) is 36.5 Å². The molecule has 0 spiro atoms. The standard InChI is InChI=1S/C21H15F4N3O5.2C16H13F4N.C11H13BrO2.C9H16O4.C6H7FN2.C6H13NO2.C4H7BO.CO2.ClH/c22-11-5-6-12-17-15(11)18(31)16(19(32)26-7-14(29)30)20(33)28(17)8-13(27-12)9-1-3-10(4-2-9)21(23,24)25;17-13-7-3-11-4-8-14(21-15(11)9-13)10-1-5-12(6-2-10)16(18,19)20;17-14-6-3-11-7-12(9-21-15(11)8-14)10-1-4-13(5-2-10)16(18,19)20;1-3-14-11(13)10(12)9-6-4-8(2)5-7-9;1-4-7(8(10)12-5-2)9(11)13-6-3;7-4-1-2-5(8)6(9)3-4;1-6(2,3)9-5(8)4-7;5-4-2-1-3-6-4;2-1-3;/h1-6,13,27,31H,7-8H2,(H,26,32)(H,29,30);1-3,5-7,9,14,21H,4,8H2;1-6,8,12,21H,7,9H2;4-7,10H,3H2,1-2H3;7H,4-6H2,1-3H3;1-3H,8-9H2;4,7H2,1-3H3;4H,1-3H2;;1H. The van der Waals surface area contributed by atoms with E-state index in [1.165, 1.54) is 90.5 Å². The van der Waals surface area contributed by atoms with Gasteiger partial charge in [-0.1, -0.05) is 101 Å². The van der Waals surface area contributed by atoms with Gasteiger partial charge in [0.1, 0.15) is 59.4 Å². The van der Waals surface area contributed by atoms with Gasteiger partial charge in [-0.25, -0.2) is 17.6 Å². The van der Waals surface area contributed by atoms with Crippen LogP contribution in [0.1, 0.15) is 163 Å². The SMILES string of the molecule is CC(C)(C)OC(=O)CN.CCOC(=O)C(Br)c1ccc(C)cc1.CCOC(=O)C(CC)C(=O)OCC.Cl.Fc1ccc2c(c1)NC(c1ccc(C(F)(F)F)cc1)CC2.Fc1ccc2c(c1)NCC(c1ccc(C(F)(F)F)cc1)C2.Nc1ccc(F)cc1N.O=C(O)CNC(=O)c1c(O)c2c(F)ccc3c2n(c1=O)CC(c1ccc(C(F)(F)F)cc1)N3.O=C=O.[B]C1CCCO1. The van der Waals surface area contributed by atoms with Crippen LogP contribution in [0.25, 0.3) is 10.9 Å². The molecule has 5 unspecified atom stereocenters. The Labute approximate surface area is 755 Å². The van der Waals surface area contributed by atoms with E-state index in [4.69, 9.17) is 63.4 Å². The van der Waals surface area contributed by atoms with Gasteiger partial charge in [0.2, 0.25) is 0 Å². The number of aryl methyl sites for hydroxylation is 2. The summed E-state index contributed by atoms with van der Waals surface area (Å²) in [7, 11) is 5.31. The number of aromatic nitrogens is 1. The van der Waals surface area contributed by atoms with Gasteiger partial charge in [-0.3, -0.25) is 33.6 Å². The van der Waals surface area contributed by atoms with Gasteiger partial charge in [0.05, 0.1) is 89.6 Å². The van der Waals surface area contributed by atoms with Crippen molar-refractivity contribution in [3.63, 3.8) is 0 Å². The van der Waals surface area contributed by atoms with Crippen molar-refractivity contribution in [2.24, 2.45) is 11.7 Å². The van der Waals surface area contributed by atoms with Crippen LogP contribution >= 0.6 is 28.3 Å². The van der Waals surface area contributed by atoms with Crippen molar-refractivity contribution in [3.05, 3.63) is 259 Å². The number of alkyl halides is 10. The number of halogens is 15. The first-order valence-electron chi connectivity index (χ1n) is 39.9. The van der Waals surface area contributed by atoms with Gasteiger partial charge < -0.3 is 76.9 Å². The number of hydrogen-bond acceptors (Lipinski definition) is 21.